The molecule has 0 saturated heterocycles. The van der Waals surface area contributed by atoms with Crippen molar-refractivity contribution in [1.29, 1.82) is 0 Å². The predicted molar refractivity (Wildman–Crippen MR) is 47.7 cm³/mol. The SMILES string of the molecule is C=CC[C@H](O)C1CCC(F)(F)CC1. The minimum Gasteiger partial charge on any atom is -0.393 e. The first-order valence-corrected chi connectivity index (χ1v) is 4.72. The molecule has 1 aliphatic rings. The second-order valence-corrected chi connectivity index (χ2v) is 3.79. The van der Waals surface area contributed by atoms with Gasteiger partial charge in [-0.2, -0.15) is 0 Å². The van der Waals surface area contributed by atoms with E-state index < -0.39 is 12.0 Å². The lowest BCUT2D eigenvalue weighted by Crippen LogP contribution is -2.30. The summed E-state index contributed by atoms with van der Waals surface area (Å²) in [5.74, 6) is -2.46. The number of aliphatic hydroxyl groups is 1. The fourth-order valence-electron chi connectivity index (χ4n) is 1.81. The van der Waals surface area contributed by atoms with Gasteiger partial charge in [0.1, 0.15) is 0 Å². The lowest BCUT2D eigenvalue weighted by Gasteiger charge is -2.30. The highest BCUT2D eigenvalue weighted by Gasteiger charge is 2.36. The zero-order valence-corrected chi connectivity index (χ0v) is 7.68. The maximum absolute atomic E-state index is 12.7. The number of hydrogen-bond donors (Lipinski definition) is 1. The Balaban J connectivity index is 2.36. The first kappa shape index (κ1) is 10.6. The second-order valence-electron chi connectivity index (χ2n) is 3.79. The molecule has 0 bridgehead atoms. The summed E-state index contributed by atoms with van der Waals surface area (Å²) in [5.41, 5.74) is 0. The van der Waals surface area contributed by atoms with Crippen molar-refractivity contribution < 1.29 is 13.9 Å². The van der Waals surface area contributed by atoms with Crippen LogP contribution in [0, 0.1) is 5.92 Å². The third kappa shape index (κ3) is 3.07. The highest BCUT2D eigenvalue weighted by atomic mass is 19.3. The Morgan fingerprint density at radius 1 is 1.46 bits per heavy atom. The van der Waals surface area contributed by atoms with Gasteiger partial charge in [0, 0.05) is 12.8 Å². The molecule has 1 saturated carbocycles. The van der Waals surface area contributed by atoms with Crippen molar-refractivity contribution in [2.45, 2.75) is 44.1 Å². The van der Waals surface area contributed by atoms with Gasteiger partial charge in [0.25, 0.3) is 0 Å². The first-order valence-electron chi connectivity index (χ1n) is 4.72. The van der Waals surface area contributed by atoms with E-state index in [-0.39, 0.29) is 18.8 Å². The summed E-state index contributed by atoms with van der Waals surface area (Å²) >= 11 is 0. The van der Waals surface area contributed by atoms with Crippen molar-refractivity contribution >= 4 is 0 Å². The Hall–Kier alpha value is -0.440. The Labute approximate surface area is 77.5 Å². The monoisotopic (exact) mass is 190 g/mol. The van der Waals surface area contributed by atoms with Gasteiger partial charge in [-0.05, 0) is 25.2 Å². The Morgan fingerprint density at radius 2 is 2.00 bits per heavy atom. The fourth-order valence-corrected chi connectivity index (χ4v) is 1.81. The standard InChI is InChI=1S/C10H16F2O/c1-2-3-9(13)8-4-6-10(11,12)7-5-8/h2,8-9,13H,1,3-7H2/t9-/m0/s1. The zero-order chi connectivity index (χ0) is 9.90. The summed E-state index contributed by atoms with van der Waals surface area (Å²) in [6, 6.07) is 0. The summed E-state index contributed by atoms with van der Waals surface area (Å²) in [4.78, 5) is 0. The van der Waals surface area contributed by atoms with Crippen molar-refractivity contribution in [2.24, 2.45) is 5.92 Å². The van der Waals surface area contributed by atoms with Gasteiger partial charge in [0.2, 0.25) is 5.92 Å². The largest absolute Gasteiger partial charge is 0.393 e. The summed E-state index contributed by atoms with van der Waals surface area (Å²) in [6.07, 6.45) is 2.38. The molecule has 1 rings (SSSR count). The van der Waals surface area contributed by atoms with Crippen molar-refractivity contribution in [1.82, 2.24) is 0 Å². The highest BCUT2D eigenvalue weighted by molar-refractivity contribution is 4.84. The molecule has 0 heterocycles. The third-order valence-electron chi connectivity index (χ3n) is 2.71. The van der Waals surface area contributed by atoms with Crippen LogP contribution in [0.4, 0.5) is 8.78 Å². The lowest BCUT2D eigenvalue weighted by atomic mass is 9.82. The Kier molecular flexibility index (Phi) is 3.42. The lowest BCUT2D eigenvalue weighted by molar-refractivity contribution is -0.0616. The normalized spacial score (nSPS) is 25.5. The van der Waals surface area contributed by atoms with Crippen molar-refractivity contribution in [2.75, 3.05) is 0 Å². The van der Waals surface area contributed by atoms with Crippen LogP contribution >= 0.6 is 0 Å². The van der Waals surface area contributed by atoms with E-state index >= 15 is 0 Å². The van der Waals surface area contributed by atoms with E-state index in [0.29, 0.717) is 19.3 Å². The molecule has 1 nitrogen and oxygen atoms in total. The van der Waals surface area contributed by atoms with Gasteiger partial charge in [-0.15, -0.1) is 6.58 Å². The molecule has 0 spiro atoms. The molecule has 1 atom stereocenters. The van der Waals surface area contributed by atoms with Crippen molar-refractivity contribution in [3.8, 4) is 0 Å². The summed E-state index contributed by atoms with van der Waals surface area (Å²) in [5, 5.41) is 9.53. The van der Waals surface area contributed by atoms with Gasteiger partial charge in [0.05, 0.1) is 6.10 Å². The maximum Gasteiger partial charge on any atom is 0.248 e. The highest BCUT2D eigenvalue weighted by Crippen LogP contribution is 2.37. The fraction of sp³-hybridized carbons (Fsp3) is 0.800. The molecule has 0 radical (unpaired) electrons. The molecule has 1 aliphatic carbocycles. The van der Waals surface area contributed by atoms with E-state index in [9.17, 15) is 13.9 Å². The molecule has 1 fully saturated rings. The minimum absolute atomic E-state index is 0.0395. The van der Waals surface area contributed by atoms with Crippen molar-refractivity contribution in [3.63, 3.8) is 0 Å². The summed E-state index contributed by atoms with van der Waals surface area (Å²) < 4.78 is 25.5. The van der Waals surface area contributed by atoms with E-state index in [2.05, 4.69) is 6.58 Å². The average Bonchev–Trinajstić information content (AvgIpc) is 2.04. The molecular weight excluding hydrogens is 174 g/mol. The van der Waals surface area contributed by atoms with Crippen LogP contribution < -0.4 is 0 Å². The molecule has 3 heteroatoms. The average molecular weight is 190 g/mol. The molecule has 0 amide bonds. The van der Waals surface area contributed by atoms with Gasteiger partial charge in [-0.1, -0.05) is 6.08 Å². The molecule has 0 aromatic rings. The molecule has 13 heavy (non-hydrogen) atoms. The summed E-state index contributed by atoms with van der Waals surface area (Å²) in [7, 11) is 0. The second kappa shape index (κ2) is 4.18. The van der Waals surface area contributed by atoms with Crippen LogP contribution in [0.15, 0.2) is 12.7 Å². The van der Waals surface area contributed by atoms with Crippen LogP contribution in [-0.4, -0.2) is 17.1 Å². The van der Waals surface area contributed by atoms with Crippen LogP contribution in [0.5, 0.6) is 0 Å². The Morgan fingerprint density at radius 3 is 2.46 bits per heavy atom. The number of halogens is 2. The topological polar surface area (TPSA) is 20.2 Å². The van der Waals surface area contributed by atoms with Crippen LogP contribution in [0.1, 0.15) is 32.1 Å². The maximum atomic E-state index is 12.7. The van der Waals surface area contributed by atoms with E-state index in [4.69, 9.17) is 0 Å². The van der Waals surface area contributed by atoms with Crippen molar-refractivity contribution in [3.05, 3.63) is 12.7 Å². The van der Waals surface area contributed by atoms with Gasteiger partial charge < -0.3 is 5.11 Å². The van der Waals surface area contributed by atoms with Gasteiger partial charge in [0.15, 0.2) is 0 Å². The minimum atomic E-state index is -2.50. The smallest absolute Gasteiger partial charge is 0.248 e. The molecule has 0 aliphatic heterocycles. The number of hydrogen-bond acceptors (Lipinski definition) is 1. The van der Waals surface area contributed by atoms with E-state index in [1.807, 2.05) is 0 Å². The number of alkyl halides is 2. The van der Waals surface area contributed by atoms with Crippen LogP contribution in [0.25, 0.3) is 0 Å². The van der Waals surface area contributed by atoms with Gasteiger partial charge in [-0.25, -0.2) is 8.78 Å². The molecule has 76 valence electrons. The van der Waals surface area contributed by atoms with Gasteiger partial charge >= 0.3 is 0 Å². The molecule has 1 N–H and O–H groups in total. The van der Waals surface area contributed by atoms with Crippen LogP contribution in [0.2, 0.25) is 0 Å². The molecule has 0 aromatic heterocycles. The third-order valence-corrected chi connectivity index (χ3v) is 2.71. The van der Waals surface area contributed by atoms with Crippen LogP contribution in [-0.2, 0) is 0 Å². The summed E-state index contributed by atoms with van der Waals surface area (Å²) in [6.45, 7) is 3.52. The van der Waals surface area contributed by atoms with Gasteiger partial charge in [-0.3, -0.25) is 0 Å². The first-order chi connectivity index (χ1) is 6.05. The number of aliphatic hydroxyl groups excluding tert-OH is 1. The Bertz CT molecular complexity index is 170. The molecular formula is C10H16F2O. The van der Waals surface area contributed by atoms with E-state index in [1.54, 1.807) is 6.08 Å². The quantitative estimate of drug-likeness (QED) is 0.678. The predicted octanol–water partition coefficient (Wildman–Crippen LogP) is 2.75. The number of rotatable bonds is 3. The molecule has 0 unspecified atom stereocenters. The van der Waals surface area contributed by atoms with E-state index in [1.165, 1.54) is 0 Å². The molecule has 0 aromatic carbocycles. The van der Waals surface area contributed by atoms with Crippen LogP contribution in [0.3, 0.4) is 0 Å². The zero-order valence-electron chi connectivity index (χ0n) is 7.68. The van der Waals surface area contributed by atoms with E-state index in [0.717, 1.165) is 0 Å².